The van der Waals surface area contributed by atoms with Crippen LogP contribution < -0.4 is 0 Å². The van der Waals surface area contributed by atoms with Crippen molar-refractivity contribution < 1.29 is 0 Å². The minimum atomic E-state index is 0.726. The summed E-state index contributed by atoms with van der Waals surface area (Å²) in [7, 11) is 0. The quantitative estimate of drug-likeness (QED) is 0.658. The van der Waals surface area contributed by atoms with Crippen molar-refractivity contribution >= 4 is 11.6 Å². The first-order chi connectivity index (χ1) is 10.2. The van der Waals surface area contributed by atoms with Gasteiger partial charge in [-0.15, -0.1) is 0 Å². The Morgan fingerprint density at radius 1 is 0.905 bits per heavy atom. The van der Waals surface area contributed by atoms with Crippen molar-refractivity contribution in [3.63, 3.8) is 0 Å². The molecule has 0 saturated heterocycles. The third-order valence-electron chi connectivity index (χ3n) is 3.73. The van der Waals surface area contributed by atoms with E-state index in [0.717, 1.165) is 27.4 Å². The molecule has 0 aliphatic heterocycles. The normalized spacial score (nSPS) is 10.6. The first kappa shape index (κ1) is 13.8. The molecule has 0 radical (unpaired) electrons. The molecule has 0 atom stereocenters. The number of nitrogens with zero attached hydrogens (tertiary/aromatic N) is 2. The second-order valence-electron chi connectivity index (χ2n) is 5.04. The number of aryl methyl sites for hydroxylation is 1. The zero-order valence-corrected chi connectivity index (χ0v) is 12.7. The van der Waals surface area contributed by atoms with Crippen LogP contribution in [0.1, 0.15) is 11.1 Å². The molecular weight excluding hydrogens is 280 g/mol. The highest BCUT2D eigenvalue weighted by Gasteiger charge is 2.12. The SMILES string of the molecule is Cc1cccc(-c2ncncc2-c2ccc(Cl)cc2)c1C. The van der Waals surface area contributed by atoms with E-state index in [1.54, 1.807) is 6.33 Å². The summed E-state index contributed by atoms with van der Waals surface area (Å²) in [6, 6.07) is 14.0. The molecule has 1 heterocycles. The van der Waals surface area contributed by atoms with Gasteiger partial charge in [0.2, 0.25) is 0 Å². The highest BCUT2D eigenvalue weighted by Crippen LogP contribution is 2.32. The highest BCUT2D eigenvalue weighted by molar-refractivity contribution is 6.30. The van der Waals surface area contributed by atoms with Crippen molar-refractivity contribution in [3.05, 3.63) is 71.1 Å². The fourth-order valence-electron chi connectivity index (χ4n) is 2.39. The minimum Gasteiger partial charge on any atom is -0.244 e. The lowest BCUT2D eigenvalue weighted by Gasteiger charge is -2.12. The Bertz CT molecular complexity index is 779. The van der Waals surface area contributed by atoms with Gasteiger partial charge in [-0.1, -0.05) is 41.9 Å². The molecule has 0 amide bonds. The Kier molecular flexibility index (Phi) is 3.72. The van der Waals surface area contributed by atoms with Gasteiger partial charge in [0.05, 0.1) is 5.69 Å². The minimum absolute atomic E-state index is 0.726. The Labute approximate surface area is 129 Å². The summed E-state index contributed by atoms with van der Waals surface area (Å²) >= 11 is 5.97. The summed E-state index contributed by atoms with van der Waals surface area (Å²) in [6.07, 6.45) is 3.45. The molecule has 0 bridgehead atoms. The van der Waals surface area contributed by atoms with E-state index in [9.17, 15) is 0 Å². The molecule has 0 aliphatic rings. The van der Waals surface area contributed by atoms with Gasteiger partial charge in [-0.05, 0) is 42.7 Å². The standard InChI is InChI=1S/C18H15ClN2/c1-12-4-3-5-16(13(12)2)18-17(10-20-11-21-18)14-6-8-15(19)9-7-14/h3-11H,1-2H3. The molecule has 3 aromatic rings. The molecule has 2 aromatic carbocycles. The van der Waals surface area contributed by atoms with Gasteiger partial charge in [-0.3, -0.25) is 0 Å². The van der Waals surface area contributed by atoms with Crippen LogP contribution in [0.3, 0.4) is 0 Å². The maximum absolute atomic E-state index is 5.97. The molecule has 0 aliphatic carbocycles. The maximum Gasteiger partial charge on any atom is 0.116 e. The fourth-order valence-corrected chi connectivity index (χ4v) is 2.52. The summed E-state index contributed by atoms with van der Waals surface area (Å²) in [5, 5.41) is 0.726. The Morgan fingerprint density at radius 2 is 1.67 bits per heavy atom. The number of halogens is 1. The van der Waals surface area contributed by atoms with Crippen LogP contribution in [-0.2, 0) is 0 Å². The van der Waals surface area contributed by atoms with E-state index in [-0.39, 0.29) is 0 Å². The fraction of sp³-hybridized carbons (Fsp3) is 0.111. The number of aromatic nitrogens is 2. The molecule has 104 valence electrons. The van der Waals surface area contributed by atoms with E-state index in [2.05, 4.69) is 42.0 Å². The van der Waals surface area contributed by atoms with E-state index in [1.165, 1.54) is 11.1 Å². The van der Waals surface area contributed by atoms with Gasteiger partial charge >= 0.3 is 0 Å². The van der Waals surface area contributed by atoms with E-state index in [4.69, 9.17) is 11.6 Å². The van der Waals surface area contributed by atoms with Crippen molar-refractivity contribution in [2.24, 2.45) is 0 Å². The van der Waals surface area contributed by atoms with Gasteiger partial charge < -0.3 is 0 Å². The van der Waals surface area contributed by atoms with Gasteiger partial charge in [-0.2, -0.15) is 0 Å². The molecule has 0 saturated carbocycles. The maximum atomic E-state index is 5.97. The molecule has 0 N–H and O–H groups in total. The molecular formula is C18H15ClN2. The van der Waals surface area contributed by atoms with Crippen molar-refractivity contribution in [3.8, 4) is 22.4 Å². The van der Waals surface area contributed by atoms with Crippen LogP contribution in [0.4, 0.5) is 0 Å². The van der Waals surface area contributed by atoms with Crippen molar-refractivity contribution in [2.75, 3.05) is 0 Å². The lowest BCUT2D eigenvalue weighted by Crippen LogP contribution is -1.94. The Morgan fingerprint density at radius 3 is 2.43 bits per heavy atom. The van der Waals surface area contributed by atoms with Crippen molar-refractivity contribution in [1.82, 2.24) is 9.97 Å². The zero-order chi connectivity index (χ0) is 14.8. The van der Waals surface area contributed by atoms with E-state index >= 15 is 0 Å². The summed E-state index contributed by atoms with van der Waals surface area (Å²) in [6.45, 7) is 4.24. The zero-order valence-electron chi connectivity index (χ0n) is 12.0. The lowest BCUT2D eigenvalue weighted by atomic mass is 9.95. The van der Waals surface area contributed by atoms with Gasteiger partial charge in [0.25, 0.3) is 0 Å². The first-order valence-electron chi connectivity index (χ1n) is 6.79. The first-order valence-corrected chi connectivity index (χ1v) is 7.17. The Hall–Kier alpha value is -2.19. The van der Waals surface area contributed by atoms with Crippen LogP contribution in [0.25, 0.3) is 22.4 Å². The second-order valence-corrected chi connectivity index (χ2v) is 5.48. The number of hydrogen-bond acceptors (Lipinski definition) is 2. The molecule has 2 nitrogen and oxygen atoms in total. The van der Waals surface area contributed by atoms with Crippen LogP contribution in [0, 0.1) is 13.8 Å². The average Bonchev–Trinajstić information content (AvgIpc) is 2.51. The van der Waals surface area contributed by atoms with E-state index < -0.39 is 0 Å². The molecule has 3 heteroatoms. The number of hydrogen-bond donors (Lipinski definition) is 0. The third-order valence-corrected chi connectivity index (χ3v) is 3.98. The van der Waals surface area contributed by atoms with E-state index in [1.807, 2.05) is 30.5 Å². The third kappa shape index (κ3) is 2.67. The summed E-state index contributed by atoms with van der Waals surface area (Å²) in [5.74, 6) is 0. The van der Waals surface area contributed by atoms with Crippen molar-refractivity contribution in [1.29, 1.82) is 0 Å². The molecule has 3 rings (SSSR count). The number of benzene rings is 2. The van der Waals surface area contributed by atoms with Crippen LogP contribution in [0.15, 0.2) is 55.0 Å². The van der Waals surface area contributed by atoms with Gasteiger partial charge in [0.1, 0.15) is 6.33 Å². The molecule has 0 spiro atoms. The van der Waals surface area contributed by atoms with E-state index in [0.29, 0.717) is 0 Å². The molecule has 21 heavy (non-hydrogen) atoms. The predicted molar refractivity (Wildman–Crippen MR) is 87.4 cm³/mol. The highest BCUT2D eigenvalue weighted by atomic mass is 35.5. The molecule has 0 fully saturated rings. The van der Waals surface area contributed by atoms with Gasteiger partial charge in [0, 0.05) is 22.3 Å². The monoisotopic (exact) mass is 294 g/mol. The van der Waals surface area contributed by atoms with Crippen LogP contribution in [0.2, 0.25) is 5.02 Å². The van der Waals surface area contributed by atoms with Gasteiger partial charge in [0.15, 0.2) is 0 Å². The second kappa shape index (κ2) is 5.66. The predicted octanol–water partition coefficient (Wildman–Crippen LogP) is 5.08. The largest absolute Gasteiger partial charge is 0.244 e. The average molecular weight is 295 g/mol. The smallest absolute Gasteiger partial charge is 0.116 e. The van der Waals surface area contributed by atoms with Gasteiger partial charge in [-0.25, -0.2) is 9.97 Å². The Balaban J connectivity index is 2.21. The topological polar surface area (TPSA) is 25.8 Å². The van der Waals surface area contributed by atoms with Crippen LogP contribution in [-0.4, -0.2) is 9.97 Å². The number of rotatable bonds is 2. The van der Waals surface area contributed by atoms with Crippen LogP contribution >= 0.6 is 11.6 Å². The summed E-state index contributed by atoms with van der Waals surface area (Å²) in [5.41, 5.74) is 6.68. The molecule has 0 unspecified atom stereocenters. The van der Waals surface area contributed by atoms with Crippen molar-refractivity contribution in [2.45, 2.75) is 13.8 Å². The summed E-state index contributed by atoms with van der Waals surface area (Å²) < 4.78 is 0. The summed E-state index contributed by atoms with van der Waals surface area (Å²) in [4.78, 5) is 8.68. The molecule has 1 aromatic heterocycles. The lowest BCUT2D eigenvalue weighted by molar-refractivity contribution is 1.17. The van der Waals surface area contributed by atoms with Crippen LogP contribution in [0.5, 0.6) is 0 Å².